The molecule has 1 heterocycles. The first-order valence-corrected chi connectivity index (χ1v) is 9.33. The zero-order valence-corrected chi connectivity index (χ0v) is 15.8. The van der Waals surface area contributed by atoms with Crippen LogP contribution < -0.4 is 4.90 Å². The minimum absolute atomic E-state index is 0.633. The number of nitrogens with zero attached hydrogens (tertiary/aromatic N) is 3. The number of hydrogen-bond acceptors (Lipinski definition) is 3. The predicted octanol–water partition coefficient (Wildman–Crippen LogP) is 3.49. The van der Waals surface area contributed by atoms with Gasteiger partial charge in [-0.3, -0.25) is 9.80 Å². The van der Waals surface area contributed by atoms with Gasteiger partial charge < -0.3 is 4.90 Å². The summed E-state index contributed by atoms with van der Waals surface area (Å²) in [5, 5.41) is 0. The van der Waals surface area contributed by atoms with Crippen molar-refractivity contribution in [2.45, 2.75) is 53.1 Å². The van der Waals surface area contributed by atoms with Gasteiger partial charge in [0.1, 0.15) is 0 Å². The molecular formula is C20H35N3. The van der Waals surface area contributed by atoms with Crippen LogP contribution in [0.25, 0.3) is 0 Å². The lowest BCUT2D eigenvalue weighted by Gasteiger charge is -2.38. The average Bonchev–Trinajstić information content (AvgIpc) is 2.55. The Bertz CT molecular complexity index is 436. The van der Waals surface area contributed by atoms with E-state index in [2.05, 4.69) is 73.6 Å². The van der Waals surface area contributed by atoms with Crippen LogP contribution in [0, 0.1) is 0 Å². The zero-order chi connectivity index (χ0) is 16.8. The molecule has 0 aromatic heterocycles. The second-order valence-corrected chi connectivity index (χ2v) is 7.27. The van der Waals surface area contributed by atoms with Crippen molar-refractivity contribution in [2.24, 2.45) is 0 Å². The van der Waals surface area contributed by atoms with Crippen LogP contribution in [0.2, 0.25) is 0 Å². The maximum absolute atomic E-state index is 2.62. The van der Waals surface area contributed by atoms with Crippen molar-refractivity contribution in [2.75, 3.05) is 44.2 Å². The summed E-state index contributed by atoms with van der Waals surface area (Å²) in [4.78, 5) is 7.74. The normalized spacial score (nSPS) is 16.8. The standard InChI is InChI=1S/C20H35N3/c1-6-19-7-9-20(10-8-19)22-14-11-21(12-15-22)13-16-23(17(2)3)18(4)5/h7-10,17-18H,6,11-16H2,1-5H3. The fourth-order valence-corrected chi connectivity index (χ4v) is 3.54. The molecule has 0 saturated carbocycles. The molecule has 2 rings (SSSR count). The lowest BCUT2D eigenvalue weighted by Crippen LogP contribution is -2.50. The van der Waals surface area contributed by atoms with E-state index < -0.39 is 0 Å². The van der Waals surface area contributed by atoms with E-state index >= 15 is 0 Å². The Kier molecular flexibility index (Phi) is 6.91. The molecule has 0 amide bonds. The van der Waals surface area contributed by atoms with Gasteiger partial charge in [0.15, 0.2) is 0 Å². The van der Waals surface area contributed by atoms with E-state index in [1.54, 1.807) is 0 Å². The summed E-state index contributed by atoms with van der Waals surface area (Å²) >= 11 is 0. The predicted molar refractivity (Wildman–Crippen MR) is 101 cm³/mol. The molecule has 0 bridgehead atoms. The zero-order valence-electron chi connectivity index (χ0n) is 15.8. The van der Waals surface area contributed by atoms with E-state index in [0.717, 1.165) is 19.5 Å². The molecule has 1 saturated heterocycles. The highest BCUT2D eigenvalue weighted by molar-refractivity contribution is 5.48. The van der Waals surface area contributed by atoms with Gasteiger partial charge >= 0.3 is 0 Å². The van der Waals surface area contributed by atoms with Gasteiger partial charge in [-0.15, -0.1) is 0 Å². The summed E-state index contributed by atoms with van der Waals surface area (Å²) in [6, 6.07) is 10.4. The Morgan fingerprint density at radius 3 is 1.96 bits per heavy atom. The van der Waals surface area contributed by atoms with Crippen LogP contribution >= 0.6 is 0 Å². The molecule has 0 atom stereocenters. The fourth-order valence-electron chi connectivity index (χ4n) is 3.54. The van der Waals surface area contributed by atoms with Crippen molar-refractivity contribution < 1.29 is 0 Å². The van der Waals surface area contributed by atoms with Gasteiger partial charge in [0.2, 0.25) is 0 Å². The smallest absolute Gasteiger partial charge is 0.0367 e. The second-order valence-electron chi connectivity index (χ2n) is 7.27. The Morgan fingerprint density at radius 1 is 0.913 bits per heavy atom. The largest absolute Gasteiger partial charge is 0.369 e. The monoisotopic (exact) mass is 317 g/mol. The van der Waals surface area contributed by atoms with Crippen LogP contribution in [0.1, 0.15) is 40.2 Å². The minimum Gasteiger partial charge on any atom is -0.369 e. The topological polar surface area (TPSA) is 9.72 Å². The van der Waals surface area contributed by atoms with Crippen LogP contribution in [0.15, 0.2) is 24.3 Å². The molecule has 0 aliphatic carbocycles. The molecule has 1 aliphatic heterocycles. The number of anilines is 1. The Morgan fingerprint density at radius 2 is 1.48 bits per heavy atom. The SMILES string of the molecule is CCc1ccc(N2CCN(CCN(C(C)C)C(C)C)CC2)cc1. The fraction of sp³-hybridized carbons (Fsp3) is 0.700. The molecule has 0 radical (unpaired) electrons. The number of piperazine rings is 1. The molecule has 3 heteroatoms. The highest BCUT2D eigenvalue weighted by atomic mass is 15.3. The van der Waals surface area contributed by atoms with Gasteiger partial charge in [-0.1, -0.05) is 19.1 Å². The van der Waals surface area contributed by atoms with Gasteiger partial charge in [0, 0.05) is 57.0 Å². The quantitative estimate of drug-likeness (QED) is 0.762. The molecule has 3 nitrogen and oxygen atoms in total. The van der Waals surface area contributed by atoms with E-state index in [9.17, 15) is 0 Å². The van der Waals surface area contributed by atoms with Crippen molar-refractivity contribution in [3.8, 4) is 0 Å². The van der Waals surface area contributed by atoms with E-state index in [1.165, 1.54) is 37.4 Å². The minimum atomic E-state index is 0.633. The maximum atomic E-state index is 2.62. The summed E-state index contributed by atoms with van der Waals surface area (Å²) in [6.07, 6.45) is 1.12. The Labute approximate surface area is 143 Å². The van der Waals surface area contributed by atoms with Gasteiger partial charge in [0.25, 0.3) is 0 Å². The number of rotatable bonds is 7. The highest BCUT2D eigenvalue weighted by Gasteiger charge is 2.19. The Hall–Kier alpha value is -1.06. The number of hydrogen-bond donors (Lipinski definition) is 0. The van der Waals surface area contributed by atoms with Crippen molar-refractivity contribution in [1.29, 1.82) is 0 Å². The molecule has 1 aromatic rings. The molecular weight excluding hydrogens is 282 g/mol. The summed E-state index contributed by atoms with van der Waals surface area (Å²) in [5.41, 5.74) is 2.81. The lowest BCUT2D eigenvalue weighted by molar-refractivity contribution is 0.140. The summed E-state index contributed by atoms with van der Waals surface area (Å²) in [5.74, 6) is 0. The number of aryl methyl sites for hydroxylation is 1. The first-order chi connectivity index (χ1) is 11.0. The first kappa shape index (κ1) is 18.3. The molecule has 23 heavy (non-hydrogen) atoms. The summed E-state index contributed by atoms with van der Waals surface area (Å²) < 4.78 is 0. The van der Waals surface area contributed by atoms with Gasteiger partial charge in [0.05, 0.1) is 0 Å². The van der Waals surface area contributed by atoms with Gasteiger partial charge in [-0.05, 0) is 51.8 Å². The van der Waals surface area contributed by atoms with Crippen molar-refractivity contribution >= 4 is 5.69 Å². The maximum Gasteiger partial charge on any atom is 0.0367 e. The highest BCUT2D eigenvalue weighted by Crippen LogP contribution is 2.17. The first-order valence-electron chi connectivity index (χ1n) is 9.33. The molecule has 1 aliphatic rings. The van der Waals surface area contributed by atoms with E-state index in [0.29, 0.717) is 12.1 Å². The molecule has 130 valence electrons. The summed E-state index contributed by atoms with van der Waals surface area (Å²) in [7, 11) is 0. The number of benzene rings is 1. The second kappa shape index (κ2) is 8.70. The Balaban J connectivity index is 1.79. The van der Waals surface area contributed by atoms with Crippen LogP contribution in [0.4, 0.5) is 5.69 Å². The van der Waals surface area contributed by atoms with Crippen molar-refractivity contribution in [1.82, 2.24) is 9.80 Å². The van der Waals surface area contributed by atoms with Gasteiger partial charge in [-0.25, -0.2) is 0 Å². The molecule has 1 aromatic carbocycles. The average molecular weight is 318 g/mol. The van der Waals surface area contributed by atoms with E-state index in [1.807, 2.05) is 0 Å². The third-order valence-corrected chi connectivity index (χ3v) is 5.08. The van der Waals surface area contributed by atoms with Crippen LogP contribution in [0.3, 0.4) is 0 Å². The van der Waals surface area contributed by atoms with E-state index in [-0.39, 0.29) is 0 Å². The van der Waals surface area contributed by atoms with Crippen molar-refractivity contribution in [3.05, 3.63) is 29.8 Å². The molecule has 0 unspecified atom stereocenters. The van der Waals surface area contributed by atoms with Crippen LogP contribution in [-0.2, 0) is 6.42 Å². The molecule has 0 spiro atoms. The van der Waals surface area contributed by atoms with Crippen LogP contribution in [-0.4, -0.2) is 61.2 Å². The lowest BCUT2D eigenvalue weighted by atomic mass is 10.1. The van der Waals surface area contributed by atoms with E-state index in [4.69, 9.17) is 0 Å². The molecule has 1 fully saturated rings. The van der Waals surface area contributed by atoms with Crippen molar-refractivity contribution in [3.63, 3.8) is 0 Å². The van der Waals surface area contributed by atoms with Gasteiger partial charge in [-0.2, -0.15) is 0 Å². The van der Waals surface area contributed by atoms with Crippen LogP contribution in [0.5, 0.6) is 0 Å². The third-order valence-electron chi connectivity index (χ3n) is 5.08. The third kappa shape index (κ3) is 5.22. The summed E-state index contributed by atoms with van der Waals surface area (Å²) in [6.45, 7) is 18.5. The molecule has 0 N–H and O–H groups in total.